The van der Waals surface area contributed by atoms with E-state index in [0.717, 1.165) is 22.5 Å². The number of nitrogens with one attached hydrogen (secondary N) is 1. The van der Waals surface area contributed by atoms with Gasteiger partial charge in [0.15, 0.2) is 0 Å². The standard InChI is InChI=1S/C16H19FN2OS/c1-11-10-14(16(20)19(3)9-8-18-2)21-15(11)12-4-6-13(17)7-5-12/h4-7,10,18H,8-9H2,1-3H3. The maximum absolute atomic E-state index is 13.0. The van der Waals surface area contributed by atoms with Gasteiger partial charge in [-0.25, -0.2) is 4.39 Å². The minimum atomic E-state index is -0.254. The molecule has 0 atom stereocenters. The summed E-state index contributed by atoms with van der Waals surface area (Å²) in [6.07, 6.45) is 0. The summed E-state index contributed by atoms with van der Waals surface area (Å²) in [4.78, 5) is 15.8. The molecule has 1 heterocycles. The highest BCUT2D eigenvalue weighted by Gasteiger charge is 2.16. The van der Waals surface area contributed by atoms with Crippen LogP contribution in [0.1, 0.15) is 15.2 Å². The third kappa shape index (κ3) is 3.68. The molecule has 0 bridgehead atoms. The third-order valence-electron chi connectivity index (χ3n) is 3.28. The number of hydrogen-bond acceptors (Lipinski definition) is 3. The molecular weight excluding hydrogens is 287 g/mol. The average molecular weight is 306 g/mol. The largest absolute Gasteiger partial charge is 0.340 e. The molecule has 2 aromatic rings. The Morgan fingerprint density at radius 1 is 1.33 bits per heavy atom. The van der Waals surface area contributed by atoms with Crippen molar-refractivity contribution in [1.82, 2.24) is 10.2 Å². The zero-order valence-corrected chi connectivity index (χ0v) is 13.3. The molecule has 0 saturated heterocycles. The van der Waals surface area contributed by atoms with Crippen molar-refractivity contribution in [3.63, 3.8) is 0 Å². The Kier molecular flexibility index (Phi) is 5.09. The monoisotopic (exact) mass is 306 g/mol. The molecule has 3 nitrogen and oxygen atoms in total. The van der Waals surface area contributed by atoms with E-state index in [2.05, 4.69) is 5.32 Å². The molecule has 0 aliphatic heterocycles. The van der Waals surface area contributed by atoms with Gasteiger partial charge in [-0.1, -0.05) is 12.1 Å². The van der Waals surface area contributed by atoms with Gasteiger partial charge in [0.2, 0.25) is 0 Å². The summed E-state index contributed by atoms with van der Waals surface area (Å²) in [5.74, 6) is -0.234. The van der Waals surface area contributed by atoms with Crippen molar-refractivity contribution in [1.29, 1.82) is 0 Å². The van der Waals surface area contributed by atoms with Gasteiger partial charge in [0.1, 0.15) is 5.82 Å². The predicted molar refractivity (Wildman–Crippen MR) is 85.3 cm³/mol. The third-order valence-corrected chi connectivity index (χ3v) is 4.55. The van der Waals surface area contributed by atoms with Crippen LogP contribution in [0.5, 0.6) is 0 Å². The van der Waals surface area contributed by atoms with Crippen LogP contribution in [0.4, 0.5) is 4.39 Å². The lowest BCUT2D eigenvalue weighted by Gasteiger charge is -2.15. The lowest BCUT2D eigenvalue weighted by molar-refractivity contribution is 0.0801. The van der Waals surface area contributed by atoms with Crippen LogP contribution in [0.15, 0.2) is 30.3 Å². The normalized spacial score (nSPS) is 10.7. The van der Waals surface area contributed by atoms with E-state index in [0.29, 0.717) is 11.4 Å². The Labute approximate surface area is 128 Å². The Morgan fingerprint density at radius 3 is 2.62 bits per heavy atom. The summed E-state index contributed by atoms with van der Waals surface area (Å²) < 4.78 is 13.0. The zero-order valence-electron chi connectivity index (χ0n) is 12.4. The summed E-state index contributed by atoms with van der Waals surface area (Å²) >= 11 is 1.45. The van der Waals surface area contributed by atoms with Crippen LogP contribution in [0.25, 0.3) is 10.4 Å². The van der Waals surface area contributed by atoms with Gasteiger partial charge in [0, 0.05) is 25.0 Å². The topological polar surface area (TPSA) is 32.3 Å². The average Bonchev–Trinajstić information content (AvgIpc) is 2.86. The first-order valence-corrected chi connectivity index (χ1v) is 7.61. The highest BCUT2D eigenvalue weighted by molar-refractivity contribution is 7.17. The van der Waals surface area contributed by atoms with Gasteiger partial charge in [0.25, 0.3) is 5.91 Å². The highest BCUT2D eigenvalue weighted by atomic mass is 32.1. The van der Waals surface area contributed by atoms with E-state index in [1.165, 1.54) is 23.5 Å². The molecule has 0 fully saturated rings. The number of aryl methyl sites for hydroxylation is 1. The van der Waals surface area contributed by atoms with E-state index >= 15 is 0 Å². The number of halogens is 1. The molecule has 1 N–H and O–H groups in total. The minimum Gasteiger partial charge on any atom is -0.340 e. The molecule has 0 radical (unpaired) electrons. The van der Waals surface area contributed by atoms with Gasteiger partial charge < -0.3 is 10.2 Å². The van der Waals surface area contributed by atoms with Crippen LogP contribution in [-0.4, -0.2) is 38.0 Å². The first-order valence-electron chi connectivity index (χ1n) is 6.79. The quantitative estimate of drug-likeness (QED) is 0.920. The van der Waals surface area contributed by atoms with E-state index in [1.807, 2.05) is 20.0 Å². The fourth-order valence-corrected chi connectivity index (χ4v) is 3.22. The molecule has 0 spiro atoms. The van der Waals surface area contributed by atoms with Gasteiger partial charge in [-0.2, -0.15) is 0 Å². The van der Waals surface area contributed by atoms with Crippen molar-refractivity contribution in [2.75, 3.05) is 27.2 Å². The van der Waals surface area contributed by atoms with Crippen molar-refractivity contribution in [3.05, 3.63) is 46.6 Å². The second-order valence-electron chi connectivity index (χ2n) is 4.96. The second kappa shape index (κ2) is 6.83. The zero-order chi connectivity index (χ0) is 15.4. The molecule has 21 heavy (non-hydrogen) atoms. The summed E-state index contributed by atoms with van der Waals surface area (Å²) in [5.41, 5.74) is 1.98. The summed E-state index contributed by atoms with van der Waals surface area (Å²) in [5, 5.41) is 3.03. The number of rotatable bonds is 5. The van der Waals surface area contributed by atoms with Crippen molar-refractivity contribution >= 4 is 17.2 Å². The van der Waals surface area contributed by atoms with E-state index in [-0.39, 0.29) is 11.7 Å². The molecule has 0 aliphatic rings. The van der Waals surface area contributed by atoms with E-state index in [9.17, 15) is 9.18 Å². The molecule has 0 saturated carbocycles. The van der Waals surface area contributed by atoms with Gasteiger partial charge in [-0.15, -0.1) is 11.3 Å². The molecule has 2 rings (SSSR count). The number of carbonyl (C=O) groups is 1. The number of benzene rings is 1. The molecule has 1 aromatic carbocycles. The van der Waals surface area contributed by atoms with Crippen molar-refractivity contribution in [2.45, 2.75) is 6.92 Å². The minimum absolute atomic E-state index is 0.0201. The number of nitrogens with zero attached hydrogens (tertiary/aromatic N) is 1. The molecule has 1 aromatic heterocycles. The second-order valence-corrected chi connectivity index (χ2v) is 6.01. The predicted octanol–water partition coefficient (Wildman–Crippen LogP) is 3.15. The maximum Gasteiger partial charge on any atom is 0.263 e. The Bertz CT molecular complexity index is 622. The Morgan fingerprint density at radius 2 is 2.00 bits per heavy atom. The first-order chi connectivity index (χ1) is 10.0. The van der Waals surface area contributed by atoms with E-state index in [4.69, 9.17) is 0 Å². The van der Waals surface area contributed by atoms with Crippen LogP contribution in [-0.2, 0) is 0 Å². The van der Waals surface area contributed by atoms with E-state index < -0.39 is 0 Å². The lowest BCUT2D eigenvalue weighted by Crippen LogP contribution is -2.32. The Hall–Kier alpha value is -1.72. The lowest BCUT2D eigenvalue weighted by atomic mass is 10.1. The van der Waals surface area contributed by atoms with E-state index in [1.54, 1.807) is 24.1 Å². The van der Waals surface area contributed by atoms with Gasteiger partial charge >= 0.3 is 0 Å². The van der Waals surface area contributed by atoms with Gasteiger partial charge in [-0.3, -0.25) is 4.79 Å². The van der Waals surface area contributed by atoms with Crippen LogP contribution in [0.2, 0.25) is 0 Å². The number of hydrogen-bond donors (Lipinski definition) is 1. The molecule has 0 aliphatic carbocycles. The first kappa shape index (κ1) is 15.7. The molecular formula is C16H19FN2OS. The molecule has 0 unspecified atom stereocenters. The van der Waals surface area contributed by atoms with Crippen molar-refractivity contribution in [2.24, 2.45) is 0 Å². The fraction of sp³-hybridized carbons (Fsp3) is 0.312. The fourth-order valence-electron chi connectivity index (χ4n) is 2.04. The summed E-state index contributed by atoms with van der Waals surface area (Å²) in [6.45, 7) is 3.40. The maximum atomic E-state index is 13.0. The number of amides is 1. The molecule has 5 heteroatoms. The van der Waals surface area contributed by atoms with Gasteiger partial charge in [0.05, 0.1) is 4.88 Å². The summed E-state index contributed by atoms with van der Waals surface area (Å²) in [7, 11) is 3.66. The van der Waals surface area contributed by atoms with Crippen LogP contribution >= 0.6 is 11.3 Å². The highest BCUT2D eigenvalue weighted by Crippen LogP contribution is 2.32. The Balaban J connectivity index is 2.22. The summed E-state index contributed by atoms with van der Waals surface area (Å²) in [6, 6.07) is 8.27. The number of carbonyl (C=O) groups excluding carboxylic acids is 1. The van der Waals surface area contributed by atoms with Crippen molar-refractivity contribution in [3.8, 4) is 10.4 Å². The number of thiophene rings is 1. The van der Waals surface area contributed by atoms with Crippen LogP contribution < -0.4 is 5.32 Å². The van der Waals surface area contributed by atoms with Crippen LogP contribution in [0.3, 0.4) is 0 Å². The van der Waals surface area contributed by atoms with Crippen molar-refractivity contribution < 1.29 is 9.18 Å². The number of likely N-dealkylation sites (N-methyl/N-ethyl adjacent to an activating group) is 2. The molecule has 112 valence electrons. The van der Waals surface area contributed by atoms with Crippen LogP contribution in [0, 0.1) is 12.7 Å². The molecule has 1 amide bonds. The SMILES string of the molecule is CNCCN(C)C(=O)c1cc(C)c(-c2ccc(F)cc2)s1. The van der Waals surface area contributed by atoms with Gasteiger partial charge in [-0.05, 0) is 43.3 Å². The smallest absolute Gasteiger partial charge is 0.263 e.